The SMILES string of the molecule is CC(C)(C)OC(=O)N(Cc1cc2c(cn1)OCCO2)C1CCN(CCn2c(=O)ccc3ncc(Cl)cc32)CC1. The van der Waals surface area contributed by atoms with E-state index in [9.17, 15) is 9.59 Å². The minimum Gasteiger partial charge on any atom is -0.486 e. The van der Waals surface area contributed by atoms with Gasteiger partial charge in [-0.2, -0.15) is 0 Å². The van der Waals surface area contributed by atoms with Crippen molar-refractivity contribution in [2.45, 2.75) is 58.3 Å². The average Bonchev–Trinajstić information content (AvgIpc) is 2.90. The fourth-order valence-electron chi connectivity index (χ4n) is 4.98. The number of nitrogens with zero attached hydrogens (tertiary/aromatic N) is 5. The number of fused-ring (bicyclic) bond motifs is 2. The van der Waals surface area contributed by atoms with Crippen LogP contribution in [0.2, 0.25) is 5.02 Å². The molecule has 1 fully saturated rings. The van der Waals surface area contributed by atoms with Crippen LogP contribution in [0.25, 0.3) is 11.0 Å². The van der Waals surface area contributed by atoms with E-state index in [1.807, 2.05) is 26.8 Å². The van der Waals surface area contributed by atoms with Crippen molar-refractivity contribution in [3.8, 4) is 11.5 Å². The summed E-state index contributed by atoms with van der Waals surface area (Å²) in [4.78, 5) is 38.8. The summed E-state index contributed by atoms with van der Waals surface area (Å²) in [7, 11) is 0. The number of piperidine rings is 1. The van der Waals surface area contributed by atoms with Gasteiger partial charge in [0, 0.05) is 50.6 Å². The molecule has 39 heavy (non-hydrogen) atoms. The second kappa shape index (κ2) is 11.4. The van der Waals surface area contributed by atoms with Gasteiger partial charge in [0.05, 0.1) is 34.5 Å². The van der Waals surface area contributed by atoms with Crippen LogP contribution in [0, 0.1) is 0 Å². The van der Waals surface area contributed by atoms with Crippen LogP contribution in [0.4, 0.5) is 4.79 Å². The zero-order valence-corrected chi connectivity index (χ0v) is 23.3. The Morgan fingerprint density at radius 3 is 2.56 bits per heavy atom. The summed E-state index contributed by atoms with van der Waals surface area (Å²) in [6.07, 6.45) is 4.44. The van der Waals surface area contributed by atoms with Crippen molar-refractivity contribution in [2.75, 3.05) is 32.8 Å². The summed E-state index contributed by atoms with van der Waals surface area (Å²) in [6.45, 7) is 9.71. The molecule has 0 atom stereocenters. The number of hydrogen-bond acceptors (Lipinski definition) is 8. The lowest BCUT2D eigenvalue weighted by atomic mass is 10.0. The van der Waals surface area contributed by atoms with Crippen molar-refractivity contribution in [1.82, 2.24) is 24.3 Å². The number of carbonyl (C=O) groups excluding carboxylic acids is 1. The highest BCUT2D eigenvalue weighted by Gasteiger charge is 2.32. The molecule has 208 valence electrons. The molecule has 0 N–H and O–H groups in total. The van der Waals surface area contributed by atoms with E-state index < -0.39 is 5.60 Å². The highest BCUT2D eigenvalue weighted by molar-refractivity contribution is 6.31. The van der Waals surface area contributed by atoms with Gasteiger partial charge in [0.1, 0.15) is 18.8 Å². The first kappa shape index (κ1) is 27.2. The van der Waals surface area contributed by atoms with E-state index in [0.717, 1.165) is 42.7 Å². The van der Waals surface area contributed by atoms with Crippen LogP contribution in [0.3, 0.4) is 0 Å². The highest BCUT2D eigenvalue weighted by Crippen LogP contribution is 2.30. The number of carbonyl (C=O) groups is 1. The van der Waals surface area contributed by atoms with Gasteiger partial charge in [-0.05, 0) is 45.7 Å². The van der Waals surface area contributed by atoms with Crippen molar-refractivity contribution in [1.29, 1.82) is 0 Å². The van der Waals surface area contributed by atoms with Crippen molar-refractivity contribution in [3.05, 3.63) is 57.7 Å². The zero-order chi connectivity index (χ0) is 27.6. The third-order valence-corrected chi connectivity index (χ3v) is 7.10. The van der Waals surface area contributed by atoms with E-state index in [2.05, 4.69) is 14.9 Å². The molecule has 5 heterocycles. The Morgan fingerprint density at radius 1 is 1.08 bits per heavy atom. The van der Waals surface area contributed by atoms with Gasteiger partial charge in [-0.25, -0.2) is 4.79 Å². The highest BCUT2D eigenvalue weighted by atomic mass is 35.5. The summed E-state index contributed by atoms with van der Waals surface area (Å²) in [5.74, 6) is 1.26. The molecule has 1 amide bonds. The molecule has 10 nitrogen and oxygen atoms in total. The number of ether oxygens (including phenoxy) is 3. The molecule has 11 heteroatoms. The Kier molecular flexibility index (Phi) is 7.95. The van der Waals surface area contributed by atoms with Crippen molar-refractivity contribution < 1.29 is 19.0 Å². The fraction of sp³-hybridized carbons (Fsp3) is 0.500. The number of hydrogen-bond donors (Lipinski definition) is 0. The van der Waals surface area contributed by atoms with Gasteiger partial charge in [0.25, 0.3) is 5.56 Å². The van der Waals surface area contributed by atoms with Crippen LogP contribution in [0.15, 0.2) is 41.5 Å². The maximum absolute atomic E-state index is 13.3. The van der Waals surface area contributed by atoms with Gasteiger partial charge >= 0.3 is 6.09 Å². The predicted molar refractivity (Wildman–Crippen MR) is 147 cm³/mol. The molecule has 0 aromatic carbocycles. The lowest BCUT2D eigenvalue weighted by molar-refractivity contribution is 0.00529. The normalized spacial score (nSPS) is 16.3. The molecular formula is C28H34ClN5O5. The number of aromatic nitrogens is 3. The Labute approximate surface area is 232 Å². The molecule has 3 aromatic rings. The molecule has 2 aliphatic rings. The standard InChI is InChI=1S/C28H34ClN5O5/c1-28(2,3)39-27(36)34(18-20-15-24-25(17-30-20)38-13-12-37-24)21-6-8-32(9-7-21)10-11-33-23-14-19(29)16-31-22(23)4-5-26(33)35/h4-5,14-17,21H,6-13,18H2,1-3H3. The van der Waals surface area contributed by atoms with E-state index >= 15 is 0 Å². The monoisotopic (exact) mass is 555 g/mol. The Bertz CT molecular complexity index is 1400. The van der Waals surface area contributed by atoms with Crippen LogP contribution < -0.4 is 15.0 Å². The maximum Gasteiger partial charge on any atom is 0.410 e. The van der Waals surface area contributed by atoms with E-state index in [4.69, 9.17) is 25.8 Å². The summed E-state index contributed by atoms with van der Waals surface area (Å²) in [5, 5.41) is 0.498. The number of rotatable bonds is 6. The van der Waals surface area contributed by atoms with Crippen molar-refractivity contribution >= 4 is 28.7 Å². The fourth-order valence-corrected chi connectivity index (χ4v) is 5.14. The molecule has 0 saturated carbocycles. The zero-order valence-electron chi connectivity index (χ0n) is 22.6. The van der Waals surface area contributed by atoms with Gasteiger partial charge in [0.15, 0.2) is 11.5 Å². The first-order valence-corrected chi connectivity index (χ1v) is 13.7. The van der Waals surface area contributed by atoms with Gasteiger partial charge in [0.2, 0.25) is 0 Å². The Morgan fingerprint density at radius 2 is 1.82 bits per heavy atom. The minimum atomic E-state index is -0.611. The average molecular weight is 556 g/mol. The molecule has 0 unspecified atom stereocenters. The van der Waals surface area contributed by atoms with Gasteiger partial charge < -0.3 is 23.7 Å². The number of likely N-dealkylation sites (tertiary alicyclic amines) is 1. The second-order valence-electron chi connectivity index (χ2n) is 10.9. The quantitative estimate of drug-likeness (QED) is 0.448. The molecule has 0 bridgehead atoms. The molecular weight excluding hydrogens is 522 g/mol. The Balaban J connectivity index is 1.26. The van der Waals surface area contributed by atoms with Gasteiger partial charge in [-0.1, -0.05) is 11.6 Å². The molecule has 0 aliphatic carbocycles. The van der Waals surface area contributed by atoms with Crippen molar-refractivity contribution in [2.24, 2.45) is 0 Å². The van der Waals surface area contributed by atoms with E-state index in [1.54, 1.807) is 40.1 Å². The molecule has 3 aromatic heterocycles. The maximum atomic E-state index is 13.3. The van der Waals surface area contributed by atoms with E-state index in [-0.39, 0.29) is 17.7 Å². The smallest absolute Gasteiger partial charge is 0.410 e. The molecule has 0 spiro atoms. The summed E-state index contributed by atoms with van der Waals surface area (Å²) >= 11 is 6.15. The van der Waals surface area contributed by atoms with Crippen LogP contribution in [-0.2, 0) is 17.8 Å². The summed E-state index contributed by atoms with van der Waals surface area (Å²) < 4.78 is 18.8. The first-order chi connectivity index (χ1) is 18.7. The lowest BCUT2D eigenvalue weighted by Gasteiger charge is -2.39. The molecule has 5 rings (SSSR count). The predicted octanol–water partition coefficient (Wildman–Crippen LogP) is 4.12. The third-order valence-electron chi connectivity index (χ3n) is 6.89. The number of pyridine rings is 3. The number of amides is 1. The largest absolute Gasteiger partial charge is 0.486 e. The van der Waals surface area contributed by atoms with E-state index in [0.29, 0.717) is 49.4 Å². The molecule has 1 saturated heterocycles. The number of halogens is 1. The Hall–Kier alpha value is -3.37. The lowest BCUT2D eigenvalue weighted by Crippen LogP contribution is -2.49. The summed E-state index contributed by atoms with van der Waals surface area (Å²) in [6, 6.07) is 6.87. The first-order valence-electron chi connectivity index (χ1n) is 13.3. The van der Waals surface area contributed by atoms with Gasteiger partial charge in [-0.15, -0.1) is 0 Å². The second-order valence-corrected chi connectivity index (χ2v) is 11.3. The molecule has 0 radical (unpaired) electrons. The van der Waals surface area contributed by atoms with Crippen LogP contribution >= 0.6 is 11.6 Å². The van der Waals surface area contributed by atoms with Crippen LogP contribution in [-0.4, -0.2) is 74.9 Å². The van der Waals surface area contributed by atoms with Crippen molar-refractivity contribution in [3.63, 3.8) is 0 Å². The van der Waals surface area contributed by atoms with Crippen LogP contribution in [0.1, 0.15) is 39.3 Å². The summed E-state index contributed by atoms with van der Waals surface area (Å²) in [5.41, 5.74) is 1.49. The van der Waals surface area contributed by atoms with Crippen LogP contribution in [0.5, 0.6) is 11.5 Å². The van der Waals surface area contributed by atoms with Gasteiger partial charge in [-0.3, -0.25) is 19.7 Å². The topological polar surface area (TPSA) is 99.0 Å². The third kappa shape index (κ3) is 6.62. The minimum absolute atomic E-state index is 0.00520. The molecule has 2 aliphatic heterocycles. The van der Waals surface area contributed by atoms with E-state index in [1.165, 1.54) is 0 Å².